The molecule has 0 saturated heterocycles. The first-order chi connectivity index (χ1) is 17.8. The van der Waals surface area contributed by atoms with E-state index in [1.165, 1.54) is 12.1 Å². The van der Waals surface area contributed by atoms with Crippen LogP contribution in [0.25, 0.3) is 17.0 Å². The maximum absolute atomic E-state index is 13.6. The van der Waals surface area contributed by atoms with E-state index in [-0.39, 0.29) is 17.0 Å². The van der Waals surface area contributed by atoms with E-state index in [9.17, 15) is 9.18 Å². The van der Waals surface area contributed by atoms with Crippen LogP contribution in [-0.2, 0) is 4.79 Å². The van der Waals surface area contributed by atoms with Crippen LogP contribution in [0, 0.1) is 11.2 Å². The second-order valence-electron chi connectivity index (χ2n) is 10.1. The summed E-state index contributed by atoms with van der Waals surface area (Å²) in [7, 11) is 3.15. The van der Waals surface area contributed by atoms with Gasteiger partial charge < -0.3 is 14.2 Å². The average Bonchev–Trinajstić information content (AvgIpc) is 3.31. The number of rotatable bonds is 4. The van der Waals surface area contributed by atoms with Gasteiger partial charge in [0.25, 0.3) is 0 Å². The number of nitrogens with zero attached hydrogens (tertiary/aromatic N) is 4. The van der Waals surface area contributed by atoms with Crippen LogP contribution in [0.3, 0.4) is 0 Å². The number of ether oxygens (including phenoxy) is 3. The summed E-state index contributed by atoms with van der Waals surface area (Å²) in [6, 6.07) is 11.6. The lowest BCUT2D eigenvalue weighted by molar-refractivity contribution is -0.118. The summed E-state index contributed by atoms with van der Waals surface area (Å²) < 4.78 is 32.4. The van der Waals surface area contributed by atoms with E-state index < -0.39 is 5.92 Å². The zero-order valence-corrected chi connectivity index (χ0v) is 20.9. The Morgan fingerprint density at radius 1 is 1.05 bits per heavy atom. The monoisotopic (exact) mass is 500 g/mol. The van der Waals surface area contributed by atoms with E-state index in [0.29, 0.717) is 64.2 Å². The van der Waals surface area contributed by atoms with Gasteiger partial charge in [0.1, 0.15) is 17.9 Å². The van der Waals surface area contributed by atoms with E-state index in [2.05, 4.69) is 23.9 Å². The maximum atomic E-state index is 13.6. The average molecular weight is 501 g/mol. The van der Waals surface area contributed by atoms with Gasteiger partial charge >= 0.3 is 0 Å². The van der Waals surface area contributed by atoms with E-state index in [1.807, 2.05) is 18.2 Å². The van der Waals surface area contributed by atoms with E-state index in [0.717, 1.165) is 5.56 Å². The number of benzene rings is 2. The number of hydrogen-bond acceptors (Lipinski definition) is 7. The molecule has 0 unspecified atom stereocenters. The molecule has 6 rings (SSSR count). The summed E-state index contributed by atoms with van der Waals surface area (Å²) in [5.41, 5.74) is 3.00. The van der Waals surface area contributed by atoms with Crippen molar-refractivity contribution in [1.82, 2.24) is 19.6 Å². The molecule has 0 spiro atoms. The third-order valence-electron chi connectivity index (χ3n) is 6.91. The Morgan fingerprint density at radius 3 is 2.54 bits per heavy atom. The fourth-order valence-corrected chi connectivity index (χ4v) is 5.23. The van der Waals surface area contributed by atoms with Crippen molar-refractivity contribution in [1.29, 1.82) is 0 Å². The van der Waals surface area contributed by atoms with Crippen LogP contribution < -0.4 is 14.2 Å². The smallest absolute Gasteiger partial charge is 0.228 e. The predicted molar refractivity (Wildman–Crippen MR) is 133 cm³/mol. The van der Waals surface area contributed by atoms with E-state index in [4.69, 9.17) is 19.2 Å². The largest absolute Gasteiger partial charge is 0.493 e. The fourth-order valence-electron chi connectivity index (χ4n) is 5.23. The number of hydrogen-bond donors (Lipinski definition) is 0. The zero-order chi connectivity index (χ0) is 25.9. The Hall–Kier alpha value is -4.27. The van der Waals surface area contributed by atoms with Crippen molar-refractivity contribution < 1.29 is 23.4 Å². The number of aromatic nitrogens is 4. The van der Waals surface area contributed by atoms with Crippen molar-refractivity contribution in [2.24, 2.45) is 5.41 Å². The number of carbonyl (C=O) groups is 1. The molecule has 0 radical (unpaired) electrons. The lowest BCUT2D eigenvalue weighted by Gasteiger charge is -2.37. The van der Waals surface area contributed by atoms with Crippen molar-refractivity contribution >= 4 is 11.4 Å². The predicted octanol–water partition coefficient (Wildman–Crippen LogP) is 5.12. The van der Waals surface area contributed by atoms with Crippen molar-refractivity contribution in [2.45, 2.75) is 32.6 Å². The summed E-state index contributed by atoms with van der Waals surface area (Å²) in [5.74, 6) is 1.75. The third kappa shape index (κ3) is 3.82. The van der Waals surface area contributed by atoms with Gasteiger partial charge in [0.05, 0.1) is 25.7 Å². The van der Waals surface area contributed by atoms with Gasteiger partial charge in [-0.15, -0.1) is 5.10 Å². The van der Waals surface area contributed by atoms with Gasteiger partial charge in [0, 0.05) is 24.0 Å². The molecule has 0 N–H and O–H groups in total. The fraction of sp³-hybridized carbons (Fsp3) is 0.286. The minimum absolute atomic E-state index is 0.0250. The van der Waals surface area contributed by atoms with Crippen LogP contribution in [0.1, 0.15) is 43.7 Å². The summed E-state index contributed by atoms with van der Waals surface area (Å²) in [6.45, 7) is 4.12. The number of halogens is 1. The number of carbonyl (C=O) groups excluding carboxylic acids is 1. The van der Waals surface area contributed by atoms with E-state index in [1.54, 1.807) is 37.2 Å². The van der Waals surface area contributed by atoms with Crippen LogP contribution in [0.4, 0.5) is 4.39 Å². The SMILES string of the molecule is COc1ccc([C@@H]2C3=C(CC(C)(C)CC3=O)Oc3ncn4nc(-c5ccc(F)cc5)nc4c32)cc1OC. The van der Waals surface area contributed by atoms with Gasteiger partial charge in [0.15, 0.2) is 28.8 Å². The van der Waals surface area contributed by atoms with Crippen LogP contribution in [0.5, 0.6) is 17.4 Å². The van der Waals surface area contributed by atoms with E-state index >= 15 is 0 Å². The molecule has 0 amide bonds. The minimum atomic E-state index is -0.497. The normalized spacial score (nSPS) is 18.3. The van der Waals surface area contributed by atoms with Crippen molar-refractivity contribution in [3.63, 3.8) is 0 Å². The number of methoxy groups -OCH3 is 2. The van der Waals surface area contributed by atoms with Gasteiger partial charge in [-0.2, -0.15) is 0 Å². The van der Waals surface area contributed by atoms with Gasteiger partial charge in [-0.3, -0.25) is 4.79 Å². The van der Waals surface area contributed by atoms with Gasteiger partial charge in [-0.05, 0) is 47.4 Å². The van der Waals surface area contributed by atoms with Gasteiger partial charge in [0.2, 0.25) is 5.88 Å². The van der Waals surface area contributed by atoms with Crippen LogP contribution in [0.2, 0.25) is 0 Å². The Balaban J connectivity index is 1.60. The van der Waals surface area contributed by atoms with Crippen LogP contribution >= 0.6 is 0 Å². The highest BCUT2D eigenvalue weighted by Crippen LogP contribution is 2.51. The third-order valence-corrected chi connectivity index (χ3v) is 6.91. The molecule has 37 heavy (non-hydrogen) atoms. The molecule has 0 bridgehead atoms. The Morgan fingerprint density at radius 2 is 1.81 bits per heavy atom. The van der Waals surface area contributed by atoms with Crippen molar-refractivity contribution in [3.8, 4) is 28.8 Å². The molecule has 2 aromatic heterocycles. The molecule has 1 atom stereocenters. The summed E-state index contributed by atoms with van der Waals surface area (Å²) >= 11 is 0. The molecule has 9 heteroatoms. The summed E-state index contributed by atoms with van der Waals surface area (Å²) in [5, 5.41) is 4.58. The molecule has 0 saturated carbocycles. The first-order valence-electron chi connectivity index (χ1n) is 12.0. The molecule has 2 aromatic carbocycles. The molecule has 2 aliphatic rings. The van der Waals surface area contributed by atoms with Gasteiger partial charge in [-0.1, -0.05) is 19.9 Å². The summed E-state index contributed by atoms with van der Waals surface area (Å²) in [4.78, 5) is 23.0. The van der Waals surface area contributed by atoms with Crippen molar-refractivity contribution in [3.05, 3.63) is 77.1 Å². The second kappa shape index (κ2) is 8.40. The first kappa shape index (κ1) is 23.1. The first-order valence-corrected chi connectivity index (χ1v) is 12.0. The number of ketones is 1. The number of allylic oxidation sites excluding steroid dienone is 2. The molecule has 0 fully saturated rings. The van der Waals surface area contributed by atoms with Crippen molar-refractivity contribution in [2.75, 3.05) is 14.2 Å². The highest BCUT2D eigenvalue weighted by molar-refractivity contribution is 6.00. The molecule has 8 nitrogen and oxygen atoms in total. The standard InChI is InChI=1S/C28H25FN4O4/c1-28(2)12-18(34)23-21(13-28)37-27-24(22(23)16-7-10-19(35-3)20(11-16)36-4)26-31-25(32-33(26)14-30-27)15-5-8-17(29)9-6-15/h5-11,14,22H,12-13H2,1-4H3/t22-/m1/s1. The Labute approximate surface area is 212 Å². The lowest BCUT2D eigenvalue weighted by Crippen LogP contribution is -2.33. The molecule has 1 aliphatic carbocycles. The zero-order valence-electron chi connectivity index (χ0n) is 20.9. The molecule has 4 aromatic rings. The highest BCUT2D eigenvalue weighted by atomic mass is 19.1. The minimum Gasteiger partial charge on any atom is -0.493 e. The van der Waals surface area contributed by atoms with Crippen LogP contribution in [-0.4, -0.2) is 39.6 Å². The Kier molecular flexibility index (Phi) is 5.25. The maximum Gasteiger partial charge on any atom is 0.228 e. The van der Waals surface area contributed by atoms with Gasteiger partial charge in [-0.25, -0.2) is 18.9 Å². The number of Topliss-reactive ketones (excluding diaryl/α,β-unsaturated/α-hetero) is 1. The van der Waals surface area contributed by atoms with Crippen LogP contribution in [0.15, 0.2) is 60.1 Å². The molecule has 1 aliphatic heterocycles. The molecule has 188 valence electrons. The Bertz CT molecular complexity index is 1590. The molecule has 3 heterocycles. The molecular weight excluding hydrogens is 475 g/mol. The summed E-state index contributed by atoms with van der Waals surface area (Å²) in [6.07, 6.45) is 2.55. The number of fused-ring (bicyclic) bond motifs is 3. The topological polar surface area (TPSA) is 87.8 Å². The molecular formula is C28H25FN4O4. The lowest BCUT2D eigenvalue weighted by atomic mass is 9.70. The second-order valence-corrected chi connectivity index (χ2v) is 10.1. The quantitative estimate of drug-likeness (QED) is 0.385. The highest BCUT2D eigenvalue weighted by Gasteiger charge is 2.44.